The summed E-state index contributed by atoms with van der Waals surface area (Å²) in [7, 11) is 0. The molecule has 0 radical (unpaired) electrons. The molecule has 0 bridgehead atoms. The smallest absolute Gasteiger partial charge is 0.434 e. The molecule has 1 fully saturated rings. The van der Waals surface area contributed by atoms with Crippen molar-refractivity contribution < 1.29 is 14.3 Å². The lowest BCUT2D eigenvalue weighted by molar-refractivity contribution is 0.0337. The number of rotatable bonds is 5. The monoisotopic (exact) mass is 229 g/mol. The SMILES string of the molecule is CC(C)COC(=O)OCC1CCCC1CN. The molecule has 0 aromatic carbocycles. The number of nitrogens with two attached hydrogens (primary N) is 1. The maximum Gasteiger partial charge on any atom is 0.508 e. The van der Waals surface area contributed by atoms with Crippen LogP contribution in [-0.4, -0.2) is 25.9 Å². The fraction of sp³-hybridized carbons (Fsp3) is 0.917. The summed E-state index contributed by atoms with van der Waals surface area (Å²) in [5.41, 5.74) is 5.66. The lowest BCUT2D eigenvalue weighted by Crippen LogP contribution is -2.24. The highest BCUT2D eigenvalue weighted by atomic mass is 16.7. The third-order valence-electron chi connectivity index (χ3n) is 3.07. The van der Waals surface area contributed by atoms with Gasteiger partial charge in [0.1, 0.15) is 0 Å². The van der Waals surface area contributed by atoms with Crippen LogP contribution in [-0.2, 0) is 9.47 Å². The number of ether oxygens (including phenoxy) is 2. The van der Waals surface area contributed by atoms with E-state index in [-0.39, 0.29) is 0 Å². The van der Waals surface area contributed by atoms with Gasteiger partial charge in [0, 0.05) is 0 Å². The molecule has 0 aromatic heterocycles. The zero-order chi connectivity index (χ0) is 12.0. The van der Waals surface area contributed by atoms with E-state index in [1.165, 1.54) is 6.42 Å². The van der Waals surface area contributed by atoms with Gasteiger partial charge in [0.05, 0.1) is 13.2 Å². The van der Waals surface area contributed by atoms with Crippen LogP contribution in [0.2, 0.25) is 0 Å². The molecule has 2 N–H and O–H groups in total. The highest BCUT2D eigenvalue weighted by Gasteiger charge is 2.27. The summed E-state index contributed by atoms with van der Waals surface area (Å²) < 4.78 is 10.0. The molecule has 16 heavy (non-hydrogen) atoms. The molecule has 0 aliphatic heterocycles. The van der Waals surface area contributed by atoms with Crippen LogP contribution >= 0.6 is 0 Å². The average molecular weight is 229 g/mol. The Labute approximate surface area is 97.5 Å². The zero-order valence-electron chi connectivity index (χ0n) is 10.3. The highest BCUT2D eigenvalue weighted by Crippen LogP contribution is 2.30. The van der Waals surface area contributed by atoms with Crippen molar-refractivity contribution in [3.05, 3.63) is 0 Å². The normalized spacial score (nSPS) is 24.8. The molecule has 0 aromatic rings. The second-order valence-electron chi connectivity index (χ2n) is 4.95. The van der Waals surface area contributed by atoms with Crippen molar-refractivity contribution in [3.8, 4) is 0 Å². The Balaban J connectivity index is 2.16. The molecule has 0 spiro atoms. The van der Waals surface area contributed by atoms with E-state index in [9.17, 15) is 4.79 Å². The summed E-state index contributed by atoms with van der Waals surface area (Å²) in [6.45, 7) is 5.56. The number of carbonyl (C=O) groups excluding carboxylic acids is 1. The Morgan fingerprint density at radius 2 is 2.00 bits per heavy atom. The molecule has 4 heteroatoms. The molecule has 4 nitrogen and oxygen atoms in total. The van der Waals surface area contributed by atoms with Gasteiger partial charge in [0.15, 0.2) is 0 Å². The van der Waals surface area contributed by atoms with Crippen LogP contribution in [0.25, 0.3) is 0 Å². The Morgan fingerprint density at radius 1 is 1.31 bits per heavy atom. The predicted molar refractivity (Wildman–Crippen MR) is 62.0 cm³/mol. The van der Waals surface area contributed by atoms with Crippen molar-refractivity contribution >= 4 is 6.16 Å². The van der Waals surface area contributed by atoms with Crippen LogP contribution in [0.1, 0.15) is 33.1 Å². The summed E-state index contributed by atoms with van der Waals surface area (Å²) in [6, 6.07) is 0. The van der Waals surface area contributed by atoms with Crippen LogP contribution in [0.3, 0.4) is 0 Å². The van der Waals surface area contributed by atoms with Gasteiger partial charge in [-0.3, -0.25) is 0 Å². The highest BCUT2D eigenvalue weighted by molar-refractivity contribution is 5.59. The van der Waals surface area contributed by atoms with E-state index in [0.717, 1.165) is 12.8 Å². The molecule has 1 aliphatic carbocycles. The molecular formula is C12H23NO3. The summed E-state index contributed by atoms with van der Waals surface area (Å²) >= 11 is 0. The van der Waals surface area contributed by atoms with E-state index in [0.29, 0.717) is 37.5 Å². The van der Waals surface area contributed by atoms with Crippen molar-refractivity contribution in [3.63, 3.8) is 0 Å². The van der Waals surface area contributed by atoms with E-state index in [1.54, 1.807) is 0 Å². The van der Waals surface area contributed by atoms with Gasteiger partial charge in [-0.25, -0.2) is 4.79 Å². The first-order valence-corrected chi connectivity index (χ1v) is 6.13. The Bertz CT molecular complexity index is 218. The maximum absolute atomic E-state index is 11.2. The summed E-state index contributed by atoms with van der Waals surface area (Å²) in [5, 5.41) is 0. The molecule has 1 aliphatic rings. The lowest BCUT2D eigenvalue weighted by atomic mass is 9.97. The topological polar surface area (TPSA) is 61.5 Å². The molecule has 0 amide bonds. The van der Waals surface area contributed by atoms with E-state index in [1.807, 2.05) is 13.8 Å². The van der Waals surface area contributed by atoms with Gasteiger partial charge >= 0.3 is 6.16 Å². The van der Waals surface area contributed by atoms with Crippen LogP contribution < -0.4 is 5.73 Å². The van der Waals surface area contributed by atoms with Crippen molar-refractivity contribution in [2.75, 3.05) is 19.8 Å². The van der Waals surface area contributed by atoms with Gasteiger partial charge in [0.25, 0.3) is 0 Å². The fourth-order valence-electron chi connectivity index (χ4n) is 2.09. The minimum Gasteiger partial charge on any atom is -0.434 e. The first-order valence-electron chi connectivity index (χ1n) is 6.13. The number of hydrogen-bond donors (Lipinski definition) is 1. The van der Waals surface area contributed by atoms with Gasteiger partial charge in [0.2, 0.25) is 0 Å². The molecule has 2 unspecified atom stereocenters. The number of carbonyl (C=O) groups is 1. The van der Waals surface area contributed by atoms with Crippen LogP contribution in [0, 0.1) is 17.8 Å². The van der Waals surface area contributed by atoms with Crippen molar-refractivity contribution in [1.82, 2.24) is 0 Å². The van der Waals surface area contributed by atoms with Crippen molar-refractivity contribution in [2.24, 2.45) is 23.5 Å². The first kappa shape index (κ1) is 13.3. The van der Waals surface area contributed by atoms with E-state index in [2.05, 4.69) is 0 Å². The van der Waals surface area contributed by atoms with Gasteiger partial charge in [-0.2, -0.15) is 0 Å². The van der Waals surface area contributed by atoms with Crippen molar-refractivity contribution in [1.29, 1.82) is 0 Å². The minimum absolute atomic E-state index is 0.343. The Morgan fingerprint density at radius 3 is 2.62 bits per heavy atom. The van der Waals surface area contributed by atoms with E-state index >= 15 is 0 Å². The molecule has 1 rings (SSSR count). The van der Waals surface area contributed by atoms with Gasteiger partial charge < -0.3 is 15.2 Å². The Kier molecular flexibility index (Phi) is 5.60. The minimum atomic E-state index is -0.545. The van der Waals surface area contributed by atoms with Gasteiger partial charge in [-0.05, 0) is 37.1 Å². The zero-order valence-corrected chi connectivity index (χ0v) is 10.3. The average Bonchev–Trinajstić information content (AvgIpc) is 2.70. The first-order chi connectivity index (χ1) is 7.63. The molecule has 1 saturated carbocycles. The largest absolute Gasteiger partial charge is 0.508 e. The van der Waals surface area contributed by atoms with Crippen LogP contribution in [0.4, 0.5) is 4.79 Å². The predicted octanol–water partition coefficient (Wildman–Crippen LogP) is 2.17. The van der Waals surface area contributed by atoms with Gasteiger partial charge in [-0.1, -0.05) is 20.3 Å². The summed E-state index contributed by atoms with van der Waals surface area (Å²) in [5.74, 6) is 1.28. The number of hydrogen-bond acceptors (Lipinski definition) is 4. The standard InChI is InChI=1S/C12H23NO3/c1-9(2)7-15-12(14)16-8-11-5-3-4-10(11)6-13/h9-11H,3-8,13H2,1-2H3. The van der Waals surface area contributed by atoms with Gasteiger partial charge in [-0.15, -0.1) is 0 Å². The summed E-state index contributed by atoms with van der Waals surface area (Å²) in [4.78, 5) is 11.2. The second-order valence-corrected chi connectivity index (χ2v) is 4.95. The van der Waals surface area contributed by atoms with Crippen LogP contribution in [0.15, 0.2) is 0 Å². The van der Waals surface area contributed by atoms with Crippen LogP contribution in [0.5, 0.6) is 0 Å². The van der Waals surface area contributed by atoms with Crippen molar-refractivity contribution in [2.45, 2.75) is 33.1 Å². The third-order valence-corrected chi connectivity index (χ3v) is 3.07. The Hall–Kier alpha value is -0.770. The second kappa shape index (κ2) is 6.74. The molecule has 94 valence electrons. The fourth-order valence-corrected chi connectivity index (χ4v) is 2.09. The third kappa shape index (κ3) is 4.39. The molecule has 0 saturated heterocycles. The molecule has 2 atom stereocenters. The lowest BCUT2D eigenvalue weighted by Gasteiger charge is -2.17. The van der Waals surface area contributed by atoms with E-state index < -0.39 is 6.16 Å². The van der Waals surface area contributed by atoms with E-state index in [4.69, 9.17) is 15.2 Å². The molecular weight excluding hydrogens is 206 g/mol. The quantitative estimate of drug-likeness (QED) is 0.734. The summed E-state index contributed by atoms with van der Waals surface area (Å²) in [6.07, 6.45) is 2.92. The molecule has 0 heterocycles. The maximum atomic E-state index is 11.2.